The lowest BCUT2D eigenvalue weighted by Gasteiger charge is -2.36. The maximum atomic E-state index is 6.44. The summed E-state index contributed by atoms with van der Waals surface area (Å²) in [5.41, 5.74) is 5.14. The number of nitrogens with zero attached hydrogens (tertiary/aromatic N) is 5. The summed E-state index contributed by atoms with van der Waals surface area (Å²) in [6.07, 6.45) is 0.983. The normalized spacial score (nSPS) is 16.2. The second kappa shape index (κ2) is 6.66. The van der Waals surface area contributed by atoms with E-state index >= 15 is 0 Å². The minimum absolute atomic E-state index is 0.760. The number of aromatic nitrogens is 4. The van der Waals surface area contributed by atoms with E-state index < -0.39 is 0 Å². The van der Waals surface area contributed by atoms with Crippen molar-refractivity contribution in [3.63, 3.8) is 0 Å². The Hall–Kier alpha value is -1.70. The summed E-state index contributed by atoms with van der Waals surface area (Å²) in [5, 5.41) is 8.07. The van der Waals surface area contributed by atoms with Crippen molar-refractivity contribution in [2.24, 2.45) is 0 Å². The molecule has 1 aliphatic rings. The zero-order chi connectivity index (χ0) is 16.5. The molecule has 0 radical (unpaired) electrons. The first-order valence-electron chi connectivity index (χ1n) is 8.09. The molecule has 0 amide bonds. The molecule has 1 saturated heterocycles. The zero-order valence-corrected chi connectivity index (χ0v) is 15.1. The zero-order valence-electron chi connectivity index (χ0n) is 13.5. The second-order valence-corrected chi connectivity index (χ2v) is 7.08. The van der Waals surface area contributed by atoms with Gasteiger partial charge in [0.15, 0.2) is 0 Å². The van der Waals surface area contributed by atoms with Gasteiger partial charge >= 0.3 is 0 Å². The fraction of sp³-hybridized carbons (Fsp3) is 0.438. The van der Waals surface area contributed by atoms with E-state index in [4.69, 9.17) is 11.6 Å². The summed E-state index contributed by atoms with van der Waals surface area (Å²) < 4.78 is 8.75. The van der Waals surface area contributed by atoms with Gasteiger partial charge in [0.05, 0.1) is 28.1 Å². The van der Waals surface area contributed by atoms with Crippen molar-refractivity contribution < 1.29 is 0 Å². The average Bonchev–Trinajstić information content (AvgIpc) is 3.22. The van der Waals surface area contributed by atoms with Gasteiger partial charge in [-0.2, -0.15) is 13.8 Å². The van der Waals surface area contributed by atoms with Gasteiger partial charge < -0.3 is 4.90 Å². The molecule has 1 fully saturated rings. The van der Waals surface area contributed by atoms with E-state index in [1.54, 1.807) is 0 Å². The Morgan fingerprint density at radius 1 is 1.21 bits per heavy atom. The quantitative estimate of drug-likeness (QED) is 0.773. The first-order chi connectivity index (χ1) is 11.7. The molecule has 0 spiro atoms. The molecule has 0 aliphatic carbocycles. The predicted octanol–water partition coefficient (Wildman–Crippen LogP) is 2.74. The first kappa shape index (κ1) is 15.8. The smallest absolute Gasteiger partial charge is 0.129 e. The maximum Gasteiger partial charge on any atom is 0.129 e. The lowest BCUT2D eigenvalue weighted by atomic mass is 10.2. The van der Waals surface area contributed by atoms with Crippen LogP contribution in [0.25, 0.3) is 11.0 Å². The van der Waals surface area contributed by atoms with Crippen LogP contribution in [0, 0.1) is 6.92 Å². The topological polar surface area (TPSA) is 60.9 Å². The molecule has 6 nitrogen and oxygen atoms in total. The number of aromatic amines is 1. The van der Waals surface area contributed by atoms with E-state index in [-0.39, 0.29) is 0 Å². The second-order valence-electron chi connectivity index (χ2n) is 6.15. The minimum Gasteiger partial charge on any atom is -0.366 e. The Balaban J connectivity index is 1.40. The number of halogens is 1. The molecule has 126 valence electrons. The van der Waals surface area contributed by atoms with Gasteiger partial charge in [0.2, 0.25) is 0 Å². The Kier molecular flexibility index (Phi) is 4.39. The van der Waals surface area contributed by atoms with E-state index in [1.165, 1.54) is 11.7 Å². The van der Waals surface area contributed by atoms with E-state index in [2.05, 4.69) is 34.8 Å². The highest BCUT2D eigenvalue weighted by atomic mass is 35.5. The maximum absolute atomic E-state index is 6.44. The molecular weight excluding hydrogens is 344 g/mol. The molecule has 8 heteroatoms. The number of piperazine rings is 1. The predicted molar refractivity (Wildman–Crippen MR) is 98.1 cm³/mol. The van der Waals surface area contributed by atoms with Crippen molar-refractivity contribution in [1.29, 1.82) is 0 Å². The third-order valence-electron chi connectivity index (χ3n) is 4.48. The molecule has 0 unspecified atom stereocenters. The van der Waals surface area contributed by atoms with Crippen molar-refractivity contribution in [2.75, 3.05) is 37.6 Å². The van der Waals surface area contributed by atoms with E-state index in [1.807, 2.05) is 19.1 Å². The summed E-state index contributed by atoms with van der Waals surface area (Å²) in [5.74, 6) is 0. The number of nitrogens with one attached hydrogen (secondary N) is 1. The highest BCUT2D eigenvalue weighted by Crippen LogP contribution is 2.33. The monoisotopic (exact) mass is 362 g/mol. The van der Waals surface area contributed by atoms with Crippen LogP contribution in [0.1, 0.15) is 11.4 Å². The number of H-pyrrole nitrogens is 1. The molecule has 1 N–H and O–H groups in total. The summed E-state index contributed by atoms with van der Waals surface area (Å²) in [6.45, 7) is 7.02. The van der Waals surface area contributed by atoms with Crippen molar-refractivity contribution in [3.8, 4) is 0 Å². The Morgan fingerprint density at radius 3 is 2.79 bits per heavy atom. The van der Waals surface area contributed by atoms with Crippen LogP contribution in [0.5, 0.6) is 0 Å². The van der Waals surface area contributed by atoms with Crippen LogP contribution in [0.4, 0.5) is 5.69 Å². The van der Waals surface area contributed by atoms with Crippen LogP contribution in [0.3, 0.4) is 0 Å². The fourth-order valence-corrected chi connectivity index (χ4v) is 3.99. The molecule has 1 aliphatic heterocycles. The van der Waals surface area contributed by atoms with Gasteiger partial charge in [-0.25, -0.2) is 0 Å². The van der Waals surface area contributed by atoms with Crippen LogP contribution in [-0.2, 0) is 6.42 Å². The number of aryl methyl sites for hydroxylation is 1. The number of hydrogen-bond acceptors (Lipinski definition) is 6. The van der Waals surface area contributed by atoms with Crippen LogP contribution in [0.15, 0.2) is 18.2 Å². The van der Waals surface area contributed by atoms with Gasteiger partial charge in [-0.15, -0.1) is 0 Å². The summed E-state index contributed by atoms with van der Waals surface area (Å²) in [4.78, 5) is 4.81. The SMILES string of the molecule is Cc1cc(CCN2CCN(c3c(Cl)ccc4nsnc34)CC2)n[nH]1. The molecule has 0 atom stereocenters. The van der Waals surface area contributed by atoms with Crippen molar-refractivity contribution in [3.05, 3.63) is 34.6 Å². The lowest BCUT2D eigenvalue weighted by molar-refractivity contribution is 0.260. The molecule has 0 saturated carbocycles. The van der Waals surface area contributed by atoms with Crippen LogP contribution in [0.2, 0.25) is 5.02 Å². The third kappa shape index (κ3) is 3.11. The number of fused-ring (bicyclic) bond motifs is 1. The van der Waals surface area contributed by atoms with Crippen molar-refractivity contribution in [1.82, 2.24) is 23.8 Å². The van der Waals surface area contributed by atoms with Crippen molar-refractivity contribution >= 4 is 40.0 Å². The molecule has 3 heterocycles. The summed E-state index contributed by atoms with van der Waals surface area (Å²) in [7, 11) is 0. The van der Waals surface area contributed by atoms with Crippen LogP contribution < -0.4 is 4.90 Å². The van der Waals surface area contributed by atoms with E-state index in [9.17, 15) is 0 Å². The molecule has 24 heavy (non-hydrogen) atoms. The lowest BCUT2D eigenvalue weighted by Crippen LogP contribution is -2.47. The van der Waals surface area contributed by atoms with Gasteiger partial charge in [0.1, 0.15) is 11.0 Å². The standard InChI is InChI=1S/C16H19ClN6S/c1-11-10-12(19-18-11)4-5-22-6-8-23(9-7-22)16-13(17)2-3-14-15(16)21-24-20-14/h2-3,10H,4-9H2,1H3,(H,18,19). The molecule has 4 rings (SSSR count). The number of anilines is 1. The van der Waals surface area contributed by atoms with Crippen LogP contribution >= 0.6 is 23.3 Å². The minimum atomic E-state index is 0.760. The van der Waals surface area contributed by atoms with Gasteiger partial charge in [0.25, 0.3) is 0 Å². The Bertz CT molecular complexity index is 836. The Labute approximate surface area is 149 Å². The molecule has 0 bridgehead atoms. The molecule has 2 aromatic heterocycles. The largest absolute Gasteiger partial charge is 0.366 e. The highest BCUT2D eigenvalue weighted by Gasteiger charge is 2.22. The molecule has 1 aromatic carbocycles. The van der Waals surface area contributed by atoms with Gasteiger partial charge in [-0.3, -0.25) is 10.00 Å². The first-order valence-corrected chi connectivity index (χ1v) is 9.20. The highest BCUT2D eigenvalue weighted by molar-refractivity contribution is 7.00. The summed E-state index contributed by atoms with van der Waals surface area (Å²) in [6, 6.07) is 5.98. The van der Waals surface area contributed by atoms with Gasteiger partial charge in [-0.1, -0.05) is 11.6 Å². The van der Waals surface area contributed by atoms with E-state index in [0.29, 0.717) is 0 Å². The fourth-order valence-electron chi connectivity index (χ4n) is 3.18. The third-order valence-corrected chi connectivity index (χ3v) is 5.33. The number of benzene rings is 1. The summed E-state index contributed by atoms with van der Waals surface area (Å²) >= 11 is 7.69. The molecule has 3 aromatic rings. The van der Waals surface area contributed by atoms with Crippen molar-refractivity contribution in [2.45, 2.75) is 13.3 Å². The molecular formula is C16H19ClN6S. The Morgan fingerprint density at radius 2 is 2.04 bits per heavy atom. The number of rotatable bonds is 4. The van der Waals surface area contributed by atoms with Gasteiger partial charge in [0, 0.05) is 44.8 Å². The van der Waals surface area contributed by atoms with E-state index in [0.717, 1.165) is 72.3 Å². The average molecular weight is 363 g/mol. The number of hydrogen-bond donors (Lipinski definition) is 1. The van der Waals surface area contributed by atoms with Crippen LogP contribution in [-0.4, -0.2) is 56.6 Å². The van der Waals surface area contributed by atoms with Gasteiger partial charge in [-0.05, 0) is 25.1 Å².